The monoisotopic (exact) mass is 541 g/mol. The van der Waals surface area contributed by atoms with Gasteiger partial charge in [-0.3, -0.25) is 13.9 Å². The SMILES string of the molecule is Cc1ccc(Cl)cc1N(CCCC(=O)N(Cc1ccccc1Cl)[C@H](C)C(=O)NC(C)C)S(C)(=O)=O. The Morgan fingerprint density at radius 1 is 1.06 bits per heavy atom. The van der Waals surface area contributed by atoms with E-state index in [2.05, 4.69) is 5.32 Å². The minimum atomic E-state index is -3.60. The largest absolute Gasteiger partial charge is 0.352 e. The average Bonchev–Trinajstić information content (AvgIpc) is 2.76. The third-order valence-electron chi connectivity index (χ3n) is 5.49. The second-order valence-corrected chi connectivity index (χ2v) is 11.6. The zero-order valence-corrected chi connectivity index (χ0v) is 23.0. The summed E-state index contributed by atoms with van der Waals surface area (Å²) in [6, 6.07) is 11.4. The van der Waals surface area contributed by atoms with Gasteiger partial charge in [-0.2, -0.15) is 0 Å². The number of carbonyl (C=O) groups excluding carboxylic acids is 2. The van der Waals surface area contributed by atoms with Crippen LogP contribution in [0.25, 0.3) is 0 Å². The van der Waals surface area contributed by atoms with Crippen molar-refractivity contribution in [1.82, 2.24) is 10.2 Å². The normalized spacial score (nSPS) is 12.3. The maximum atomic E-state index is 13.3. The molecule has 2 aromatic rings. The van der Waals surface area contributed by atoms with Crippen LogP contribution in [0.1, 0.15) is 44.7 Å². The highest BCUT2D eigenvalue weighted by Crippen LogP contribution is 2.27. The molecule has 0 saturated heterocycles. The maximum absolute atomic E-state index is 13.3. The van der Waals surface area contributed by atoms with Gasteiger partial charge < -0.3 is 10.2 Å². The fourth-order valence-electron chi connectivity index (χ4n) is 3.63. The molecule has 192 valence electrons. The van der Waals surface area contributed by atoms with Gasteiger partial charge in [0, 0.05) is 35.6 Å². The van der Waals surface area contributed by atoms with E-state index in [0.717, 1.165) is 17.4 Å². The van der Waals surface area contributed by atoms with Crippen LogP contribution in [0.15, 0.2) is 42.5 Å². The van der Waals surface area contributed by atoms with Crippen molar-refractivity contribution < 1.29 is 18.0 Å². The molecule has 0 unspecified atom stereocenters. The Bertz CT molecular complexity index is 1160. The molecule has 0 bridgehead atoms. The van der Waals surface area contributed by atoms with Crippen molar-refractivity contribution in [2.45, 2.75) is 59.2 Å². The number of rotatable bonds is 11. The lowest BCUT2D eigenvalue weighted by Gasteiger charge is -2.30. The summed E-state index contributed by atoms with van der Waals surface area (Å²) in [6.07, 6.45) is 1.43. The number of aryl methyl sites for hydroxylation is 1. The van der Waals surface area contributed by atoms with Crippen LogP contribution in [0, 0.1) is 6.92 Å². The number of benzene rings is 2. The number of anilines is 1. The van der Waals surface area contributed by atoms with E-state index >= 15 is 0 Å². The third-order valence-corrected chi connectivity index (χ3v) is 7.27. The predicted molar refractivity (Wildman–Crippen MR) is 142 cm³/mol. The molecule has 35 heavy (non-hydrogen) atoms. The molecule has 1 N–H and O–H groups in total. The number of hydrogen-bond donors (Lipinski definition) is 1. The van der Waals surface area contributed by atoms with Crippen LogP contribution in [0.5, 0.6) is 0 Å². The van der Waals surface area contributed by atoms with E-state index in [-0.39, 0.29) is 43.8 Å². The molecule has 2 rings (SSSR count). The van der Waals surface area contributed by atoms with Crippen LogP contribution >= 0.6 is 23.2 Å². The summed E-state index contributed by atoms with van der Waals surface area (Å²) in [5.74, 6) is -0.541. The van der Waals surface area contributed by atoms with Crippen LogP contribution in [0.2, 0.25) is 10.0 Å². The zero-order chi connectivity index (χ0) is 26.3. The second kappa shape index (κ2) is 12.6. The standard InChI is InChI=1S/C25H33Cl2N3O4S/c1-17(2)28-25(32)19(4)29(16-20-9-6-7-10-22(20)27)24(31)11-8-14-30(35(5,33)34)23-15-21(26)13-12-18(23)3/h6-7,9-10,12-13,15,17,19H,8,11,14,16H2,1-5H3,(H,28,32)/t19-/m1/s1. The lowest BCUT2D eigenvalue weighted by atomic mass is 10.1. The summed E-state index contributed by atoms with van der Waals surface area (Å²) < 4.78 is 26.3. The average molecular weight is 543 g/mol. The molecule has 0 saturated carbocycles. The van der Waals surface area contributed by atoms with Crippen molar-refractivity contribution in [3.8, 4) is 0 Å². The molecule has 0 fully saturated rings. The number of hydrogen-bond acceptors (Lipinski definition) is 4. The van der Waals surface area contributed by atoms with Gasteiger partial charge in [-0.1, -0.05) is 47.5 Å². The molecule has 0 aliphatic rings. The third kappa shape index (κ3) is 8.40. The minimum absolute atomic E-state index is 0.0510. The first kappa shape index (κ1) is 28.9. The molecule has 0 heterocycles. The number of halogens is 2. The number of nitrogens with one attached hydrogen (secondary N) is 1. The van der Waals surface area contributed by atoms with Gasteiger partial charge in [0.15, 0.2) is 0 Å². The number of sulfonamides is 1. The second-order valence-electron chi connectivity index (χ2n) is 8.82. The fraction of sp³-hybridized carbons (Fsp3) is 0.440. The Morgan fingerprint density at radius 2 is 1.71 bits per heavy atom. The van der Waals surface area contributed by atoms with E-state index in [1.165, 1.54) is 9.21 Å². The first-order valence-corrected chi connectivity index (χ1v) is 14.0. The first-order chi connectivity index (χ1) is 16.3. The van der Waals surface area contributed by atoms with Crippen molar-refractivity contribution in [3.63, 3.8) is 0 Å². The van der Waals surface area contributed by atoms with Gasteiger partial charge in [0.2, 0.25) is 21.8 Å². The summed E-state index contributed by atoms with van der Waals surface area (Å²) in [6.45, 7) is 7.43. The fourth-order valence-corrected chi connectivity index (χ4v) is 5.01. The van der Waals surface area contributed by atoms with E-state index in [9.17, 15) is 18.0 Å². The lowest BCUT2D eigenvalue weighted by Crippen LogP contribution is -2.49. The molecule has 0 aromatic heterocycles. The van der Waals surface area contributed by atoms with Crippen molar-refractivity contribution in [1.29, 1.82) is 0 Å². The van der Waals surface area contributed by atoms with E-state index in [0.29, 0.717) is 15.7 Å². The molecule has 2 aromatic carbocycles. The van der Waals surface area contributed by atoms with Gasteiger partial charge in [-0.15, -0.1) is 0 Å². The van der Waals surface area contributed by atoms with E-state index in [1.54, 1.807) is 44.2 Å². The first-order valence-electron chi connectivity index (χ1n) is 11.4. The van der Waals surface area contributed by atoms with Crippen molar-refractivity contribution in [2.24, 2.45) is 0 Å². The summed E-state index contributed by atoms with van der Waals surface area (Å²) in [5, 5.41) is 3.76. The van der Waals surface area contributed by atoms with Gasteiger partial charge in [-0.05, 0) is 63.4 Å². The Balaban J connectivity index is 2.22. The number of carbonyl (C=O) groups is 2. The quantitative estimate of drug-likeness (QED) is 0.443. The van der Waals surface area contributed by atoms with Gasteiger partial charge in [0.05, 0.1) is 11.9 Å². The van der Waals surface area contributed by atoms with Gasteiger partial charge in [-0.25, -0.2) is 8.42 Å². The molecule has 0 aliphatic carbocycles. The number of amides is 2. The maximum Gasteiger partial charge on any atom is 0.242 e. The topological polar surface area (TPSA) is 86.8 Å². The van der Waals surface area contributed by atoms with E-state index in [1.807, 2.05) is 26.0 Å². The van der Waals surface area contributed by atoms with Crippen molar-refractivity contribution in [3.05, 3.63) is 63.6 Å². The zero-order valence-electron chi connectivity index (χ0n) is 20.7. The van der Waals surface area contributed by atoms with E-state index < -0.39 is 16.1 Å². The lowest BCUT2D eigenvalue weighted by molar-refractivity contribution is -0.140. The van der Waals surface area contributed by atoms with Crippen LogP contribution in [0.4, 0.5) is 5.69 Å². The van der Waals surface area contributed by atoms with Gasteiger partial charge in [0.1, 0.15) is 6.04 Å². The molecule has 10 heteroatoms. The molecule has 0 radical (unpaired) electrons. The summed E-state index contributed by atoms with van der Waals surface area (Å²) >= 11 is 12.4. The summed E-state index contributed by atoms with van der Waals surface area (Å²) in [4.78, 5) is 27.5. The molecular formula is C25H33Cl2N3O4S. The van der Waals surface area contributed by atoms with Crippen LogP contribution in [-0.2, 0) is 26.2 Å². The summed E-state index contributed by atoms with van der Waals surface area (Å²) in [5.41, 5.74) is 1.95. The molecular weight excluding hydrogens is 509 g/mol. The molecule has 7 nitrogen and oxygen atoms in total. The van der Waals surface area contributed by atoms with Gasteiger partial charge >= 0.3 is 0 Å². The Morgan fingerprint density at radius 3 is 2.31 bits per heavy atom. The molecule has 0 aliphatic heterocycles. The Labute approximate surface area is 218 Å². The van der Waals surface area contributed by atoms with E-state index in [4.69, 9.17) is 23.2 Å². The highest BCUT2D eigenvalue weighted by Gasteiger charge is 2.27. The number of nitrogens with zero attached hydrogens (tertiary/aromatic N) is 2. The van der Waals surface area contributed by atoms with Crippen molar-refractivity contribution in [2.75, 3.05) is 17.1 Å². The highest BCUT2D eigenvalue weighted by molar-refractivity contribution is 7.92. The smallest absolute Gasteiger partial charge is 0.242 e. The minimum Gasteiger partial charge on any atom is -0.352 e. The molecule has 1 atom stereocenters. The Kier molecular flexibility index (Phi) is 10.4. The summed E-state index contributed by atoms with van der Waals surface area (Å²) in [7, 11) is -3.60. The Hall–Kier alpha value is -2.29. The highest BCUT2D eigenvalue weighted by atomic mass is 35.5. The molecule has 0 spiro atoms. The molecule has 2 amide bonds. The van der Waals surface area contributed by atoms with Crippen LogP contribution < -0.4 is 9.62 Å². The van der Waals surface area contributed by atoms with Gasteiger partial charge in [0.25, 0.3) is 0 Å². The predicted octanol–water partition coefficient (Wildman–Crippen LogP) is 4.79. The van der Waals surface area contributed by atoms with Crippen molar-refractivity contribution >= 4 is 50.7 Å². The van der Waals surface area contributed by atoms with Crippen LogP contribution in [0.3, 0.4) is 0 Å². The van der Waals surface area contributed by atoms with Crippen LogP contribution in [-0.4, -0.2) is 50.0 Å².